The largest absolute Gasteiger partial charge is 3.00 e. The average molecular weight is 447 g/mol. The van der Waals surface area contributed by atoms with Crippen molar-refractivity contribution in [3.8, 4) is 0 Å². The van der Waals surface area contributed by atoms with Crippen LogP contribution in [0.5, 0.6) is 0 Å². The summed E-state index contributed by atoms with van der Waals surface area (Å²) in [4.78, 5) is 51.1. The van der Waals surface area contributed by atoms with E-state index in [1.165, 1.54) is 0 Å². The first-order valence-electron chi connectivity index (χ1n) is 1.84. The summed E-state index contributed by atoms with van der Waals surface area (Å²) < 4.78 is 25.6. The fourth-order valence-corrected chi connectivity index (χ4v) is 0. The second-order valence-corrected chi connectivity index (χ2v) is 2.25. The van der Waals surface area contributed by atoms with Crippen molar-refractivity contribution in [2.45, 2.75) is 0 Å². The van der Waals surface area contributed by atoms with Crippen molar-refractivity contribution < 1.29 is 82.0 Å². The zero-order valence-corrected chi connectivity index (χ0v) is 18.8. The molecule has 0 aromatic rings. The maximum absolute atomic E-state index is 8.52. The molecule has 0 aromatic carbocycles. The maximum atomic E-state index is 8.52. The van der Waals surface area contributed by atoms with Crippen LogP contribution in [0.15, 0.2) is 0 Å². The van der Waals surface area contributed by atoms with Gasteiger partial charge in [0, 0.05) is 61.6 Å². The van der Waals surface area contributed by atoms with Gasteiger partial charge in [-0.2, -0.15) is 0 Å². The van der Waals surface area contributed by atoms with Gasteiger partial charge in [-0.15, -0.1) is 0 Å². The molecule has 0 amide bonds. The van der Waals surface area contributed by atoms with Gasteiger partial charge in [-0.25, -0.2) is 0 Å². The Kier molecular flexibility index (Phi) is 165. The van der Waals surface area contributed by atoms with Gasteiger partial charge in [-0.3, -0.25) is 0 Å². The molecule has 0 rings (SSSR count). The molecule has 0 aromatic heterocycles. The number of rotatable bonds is 0. The Morgan fingerprint density at radius 1 is 0.556 bits per heavy atom. The summed E-state index contributed by atoms with van der Waals surface area (Å²) in [5, 5.41) is 0. The van der Waals surface area contributed by atoms with Crippen molar-refractivity contribution in [3.63, 3.8) is 0 Å². The fourth-order valence-electron chi connectivity index (χ4n) is 0. The third kappa shape index (κ3) is 914. The van der Waals surface area contributed by atoms with Gasteiger partial charge in [0.1, 0.15) is 0 Å². The Morgan fingerprint density at radius 2 is 0.556 bits per heavy atom. The van der Waals surface area contributed by atoms with Crippen LogP contribution in [-0.4, -0.2) is 108 Å². The van der Waals surface area contributed by atoms with E-state index in [4.69, 9.17) is 42.2 Å². The molecule has 0 fully saturated rings. The van der Waals surface area contributed by atoms with Gasteiger partial charge >= 0.3 is 80.8 Å². The summed E-state index contributed by atoms with van der Waals surface area (Å²) in [6.07, 6.45) is 0. The van der Waals surface area contributed by atoms with E-state index in [9.17, 15) is 0 Å². The van der Waals surface area contributed by atoms with E-state index < -0.39 is 27.5 Å². The Balaban J connectivity index is -0.00000000409. The summed E-state index contributed by atoms with van der Waals surface area (Å²) in [5.74, 6) is 0. The predicted molar refractivity (Wildman–Crippen MR) is 46.8 cm³/mol. The van der Waals surface area contributed by atoms with Gasteiger partial charge in [0.2, 0.25) is 0 Å². The van der Waals surface area contributed by atoms with Crippen LogP contribution in [0.2, 0.25) is 0 Å². The second-order valence-electron chi connectivity index (χ2n) is 0.750. The van der Waals surface area contributed by atoms with Crippen LogP contribution < -0.4 is 28.8 Å². The molecule has 0 aliphatic carbocycles. The molecule has 0 saturated heterocycles. The zero-order chi connectivity index (χ0) is 10.7. The van der Waals surface area contributed by atoms with E-state index in [0.29, 0.717) is 0 Å². The Morgan fingerprint density at radius 3 is 0.556 bits per heavy atom. The second kappa shape index (κ2) is 50.5. The number of hydrogen-bond acceptors (Lipinski definition) is 9. The van der Waals surface area contributed by atoms with Crippen LogP contribution in [0.25, 0.3) is 0 Å². The van der Waals surface area contributed by atoms with Crippen molar-refractivity contribution in [2.75, 3.05) is 0 Å². The molecule has 0 N–H and O–H groups in total. The van der Waals surface area contributed by atoms with Crippen LogP contribution in [0.3, 0.4) is 0 Å². The minimum absolute atomic E-state index is 0. The van der Waals surface area contributed by atoms with E-state index in [0.717, 1.165) is 0 Å². The smallest absolute Gasteiger partial charge is 1.00 e. The standard InChI is InChI=1S/2Al.2Fe.2Mg.3O3Si.4H/c;;;;;;3*1-4(2)3;;;;/q2*+3;;;2*+2;3*-2;4*-1. The van der Waals surface area contributed by atoms with Gasteiger partial charge in [-0.1, -0.05) is 0 Å². The molecule has 9 nitrogen and oxygen atoms in total. The quantitative estimate of drug-likeness (QED) is 0.325. The summed E-state index contributed by atoms with van der Waals surface area (Å²) in [5.41, 5.74) is 0. The number of hydrogen-bond donors (Lipinski definition) is 0. The molecule has 0 aliphatic rings. The average Bonchev–Trinajstić information content (AvgIpc) is 1.54. The molecule has 0 bridgehead atoms. The van der Waals surface area contributed by atoms with Crippen molar-refractivity contribution in [1.82, 2.24) is 0 Å². The van der Waals surface area contributed by atoms with E-state index in [2.05, 4.69) is 0 Å². The molecule has 0 saturated carbocycles. The van der Waals surface area contributed by atoms with Crippen molar-refractivity contribution >= 4 is 108 Å². The minimum Gasteiger partial charge on any atom is -1.00 e. The van der Waals surface area contributed by atoms with Gasteiger partial charge in [0.15, 0.2) is 0 Å². The van der Waals surface area contributed by atoms with Gasteiger partial charge in [-0.05, 0) is 0 Å². The topological polar surface area (TPSA) is 190 Å². The van der Waals surface area contributed by atoms with E-state index in [1.54, 1.807) is 0 Å². The van der Waals surface area contributed by atoms with Crippen LogP contribution in [0, 0.1) is 0 Å². The predicted octanol–water partition coefficient (Wildman–Crippen LogP) is -9.71. The first-order chi connectivity index (χ1) is 5.20. The molecule has 0 aliphatic heterocycles. The molecule has 0 spiro atoms. The van der Waals surface area contributed by atoms with E-state index in [1.807, 2.05) is 0 Å². The molecule has 0 atom stereocenters. The van der Waals surface area contributed by atoms with E-state index >= 15 is 0 Å². The van der Waals surface area contributed by atoms with Gasteiger partial charge < -0.3 is 47.9 Å². The molecule has 0 heterocycles. The van der Waals surface area contributed by atoms with Crippen LogP contribution >= 0.6 is 0 Å². The van der Waals surface area contributed by atoms with Crippen LogP contribution in [-0.2, 0) is 47.5 Å². The summed E-state index contributed by atoms with van der Waals surface area (Å²) >= 11 is 0. The van der Waals surface area contributed by atoms with Crippen LogP contribution in [0.1, 0.15) is 5.71 Å². The maximum Gasteiger partial charge on any atom is 3.00 e. The van der Waals surface area contributed by atoms with Crippen molar-refractivity contribution in [1.29, 1.82) is 0 Å². The summed E-state index contributed by atoms with van der Waals surface area (Å²) in [6, 6.07) is 0. The van der Waals surface area contributed by atoms with Gasteiger partial charge in [0.05, 0.1) is 0 Å². The van der Waals surface area contributed by atoms with Crippen molar-refractivity contribution in [2.24, 2.45) is 0 Å². The Bertz CT molecular complexity index is 148. The van der Waals surface area contributed by atoms with E-state index in [-0.39, 0.29) is 121 Å². The first kappa shape index (κ1) is 59.0. The van der Waals surface area contributed by atoms with Gasteiger partial charge in [0.25, 0.3) is 0 Å². The molecule has 18 heavy (non-hydrogen) atoms. The third-order valence-corrected chi connectivity index (χ3v) is 0. The molecule has 0 radical (unpaired) electrons. The normalized spacial score (nSPS) is 4.00. The Labute approximate surface area is 188 Å². The zero-order valence-electron chi connectivity index (χ0n) is 12.5. The molecular weight excluding hydrogens is 443 g/mol. The van der Waals surface area contributed by atoms with Crippen LogP contribution in [0.4, 0.5) is 0 Å². The molecular formula is H4Al2Fe2Mg2O9Si3. The Hall–Kier alpha value is 2.49. The summed E-state index contributed by atoms with van der Waals surface area (Å²) in [7, 11) is -10.9. The monoisotopic (exact) mass is 446 g/mol. The van der Waals surface area contributed by atoms with Crippen molar-refractivity contribution in [3.05, 3.63) is 0 Å². The third-order valence-electron chi connectivity index (χ3n) is 0. The molecule has 96 valence electrons. The minimum atomic E-state index is -3.63. The fraction of sp³-hybridized carbons (Fsp3) is 0. The molecule has 18 heteroatoms. The first-order valence-corrected chi connectivity index (χ1v) is 5.51. The summed E-state index contributed by atoms with van der Waals surface area (Å²) in [6.45, 7) is 0. The molecule has 0 unspecified atom stereocenters. The SMILES string of the molecule is O=[Si]([O-])[O-].O=[Si]([O-])[O-].O=[Si]([O-])[O-].[Al+3].[Al+3].[Fe].[Fe].[H-].[H-].[H-].[H-].[Mg+2].[Mg+2].